The Bertz CT molecular complexity index is 1470. The first-order valence-electron chi connectivity index (χ1n) is 10.9. The molecule has 1 aromatic carbocycles. The van der Waals surface area contributed by atoms with Crippen LogP contribution in [0.1, 0.15) is 16.8 Å². The molecule has 1 N–H and O–H groups in total. The van der Waals surface area contributed by atoms with Gasteiger partial charge in [-0.1, -0.05) is 29.4 Å². The standard InChI is InChI=1S/C26H23N5O3/c1-17-26(24-11-22(30-34-24)20-5-3-18(4-6-20)12-27-2)29-23(13-28-17)21-7-8-25(32)31(15-21)14-19-9-10-33-16-19/h3-11,13,15-16,27H,12,14H2,1-2H3. The van der Waals surface area contributed by atoms with Crippen molar-refractivity contribution in [2.75, 3.05) is 7.05 Å². The maximum atomic E-state index is 12.3. The van der Waals surface area contributed by atoms with Crippen LogP contribution in [0, 0.1) is 6.92 Å². The fourth-order valence-corrected chi connectivity index (χ4v) is 3.73. The molecule has 0 saturated carbocycles. The van der Waals surface area contributed by atoms with Crippen LogP contribution < -0.4 is 10.9 Å². The monoisotopic (exact) mass is 453 g/mol. The normalized spacial score (nSPS) is 11.1. The number of nitrogens with zero attached hydrogens (tertiary/aromatic N) is 4. The summed E-state index contributed by atoms with van der Waals surface area (Å²) in [6.07, 6.45) is 6.68. The van der Waals surface area contributed by atoms with Crippen LogP contribution >= 0.6 is 0 Å². The largest absolute Gasteiger partial charge is 0.472 e. The predicted octanol–water partition coefficient (Wildman–Crippen LogP) is 4.30. The van der Waals surface area contributed by atoms with Crippen molar-refractivity contribution in [1.29, 1.82) is 0 Å². The summed E-state index contributed by atoms with van der Waals surface area (Å²) in [5, 5.41) is 7.38. The first-order chi connectivity index (χ1) is 16.6. The summed E-state index contributed by atoms with van der Waals surface area (Å²) in [4.78, 5) is 21.6. The number of hydrogen-bond acceptors (Lipinski definition) is 7. The van der Waals surface area contributed by atoms with E-state index in [0.29, 0.717) is 23.7 Å². The number of benzene rings is 1. The van der Waals surface area contributed by atoms with Crippen LogP contribution in [-0.2, 0) is 13.1 Å². The topological polar surface area (TPSA) is 99.0 Å². The Morgan fingerprint density at radius 2 is 1.82 bits per heavy atom. The van der Waals surface area contributed by atoms with Gasteiger partial charge >= 0.3 is 0 Å². The number of hydrogen-bond donors (Lipinski definition) is 1. The van der Waals surface area contributed by atoms with Gasteiger partial charge < -0.3 is 18.8 Å². The Hall–Kier alpha value is -4.30. The minimum Gasteiger partial charge on any atom is -0.472 e. The van der Waals surface area contributed by atoms with Gasteiger partial charge in [0.25, 0.3) is 5.56 Å². The molecule has 0 atom stereocenters. The van der Waals surface area contributed by atoms with E-state index < -0.39 is 0 Å². The van der Waals surface area contributed by atoms with E-state index in [1.54, 1.807) is 35.6 Å². The first kappa shape index (κ1) is 21.5. The third-order valence-corrected chi connectivity index (χ3v) is 5.54. The number of nitrogens with one attached hydrogen (secondary N) is 1. The minimum atomic E-state index is -0.106. The molecule has 170 valence electrons. The average molecular weight is 454 g/mol. The second-order valence-corrected chi connectivity index (χ2v) is 8.01. The Morgan fingerprint density at radius 1 is 1.00 bits per heavy atom. The minimum absolute atomic E-state index is 0.106. The molecule has 0 aliphatic carbocycles. The van der Waals surface area contributed by atoms with Crippen LogP contribution in [0.25, 0.3) is 34.0 Å². The van der Waals surface area contributed by atoms with E-state index >= 15 is 0 Å². The molecule has 5 aromatic rings. The maximum absolute atomic E-state index is 12.3. The van der Waals surface area contributed by atoms with E-state index in [-0.39, 0.29) is 5.56 Å². The zero-order valence-corrected chi connectivity index (χ0v) is 18.9. The molecular formula is C26H23N5O3. The summed E-state index contributed by atoms with van der Waals surface area (Å²) in [6.45, 7) is 3.09. The first-order valence-corrected chi connectivity index (χ1v) is 10.9. The van der Waals surface area contributed by atoms with Gasteiger partial charge in [-0.3, -0.25) is 9.78 Å². The molecule has 4 heterocycles. The molecule has 0 aliphatic rings. The third-order valence-electron chi connectivity index (χ3n) is 5.54. The molecule has 4 aromatic heterocycles. The highest BCUT2D eigenvalue weighted by atomic mass is 16.5. The Morgan fingerprint density at radius 3 is 2.59 bits per heavy atom. The van der Waals surface area contributed by atoms with Gasteiger partial charge in [0.15, 0.2) is 5.76 Å². The van der Waals surface area contributed by atoms with Crippen molar-refractivity contribution in [2.24, 2.45) is 0 Å². The molecule has 0 bridgehead atoms. The smallest absolute Gasteiger partial charge is 0.250 e. The number of aromatic nitrogens is 4. The lowest BCUT2D eigenvalue weighted by Crippen LogP contribution is -2.19. The number of pyridine rings is 1. The van der Waals surface area contributed by atoms with E-state index in [1.807, 2.05) is 38.2 Å². The lowest BCUT2D eigenvalue weighted by atomic mass is 10.1. The van der Waals surface area contributed by atoms with Crippen LogP contribution in [0.5, 0.6) is 0 Å². The molecule has 0 spiro atoms. The molecule has 0 amide bonds. The Labute approximate surface area is 195 Å². The zero-order chi connectivity index (χ0) is 23.5. The van der Waals surface area contributed by atoms with E-state index in [4.69, 9.17) is 13.9 Å². The second-order valence-electron chi connectivity index (χ2n) is 8.01. The lowest BCUT2D eigenvalue weighted by Gasteiger charge is -2.08. The van der Waals surface area contributed by atoms with E-state index in [9.17, 15) is 4.79 Å². The molecule has 34 heavy (non-hydrogen) atoms. The van der Waals surface area contributed by atoms with Crippen molar-refractivity contribution < 1.29 is 8.94 Å². The summed E-state index contributed by atoms with van der Waals surface area (Å²) in [6, 6.07) is 15.1. The highest BCUT2D eigenvalue weighted by molar-refractivity contribution is 5.68. The summed E-state index contributed by atoms with van der Waals surface area (Å²) in [5.74, 6) is 0.535. The molecule has 0 aliphatic heterocycles. The molecule has 5 rings (SSSR count). The van der Waals surface area contributed by atoms with Gasteiger partial charge in [-0.15, -0.1) is 0 Å². The van der Waals surface area contributed by atoms with Gasteiger partial charge in [0.2, 0.25) is 0 Å². The quantitative estimate of drug-likeness (QED) is 0.392. The molecule has 0 fully saturated rings. The lowest BCUT2D eigenvalue weighted by molar-refractivity contribution is 0.433. The summed E-state index contributed by atoms with van der Waals surface area (Å²) in [7, 11) is 1.92. The van der Waals surface area contributed by atoms with Crippen molar-refractivity contribution in [2.45, 2.75) is 20.0 Å². The van der Waals surface area contributed by atoms with Crippen molar-refractivity contribution in [3.05, 3.63) is 101 Å². The molecule has 0 unspecified atom stereocenters. The maximum Gasteiger partial charge on any atom is 0.250 e. The third kappa shape index (κ3) is 4.44. The summed E-state index contributed by atoms with van der Waals surface area (Å²) >= 11 is 0. The number of rotatable bonds is 7. The van der Waals surface area contributed by atoms with Gasteiger partial charge in [-0.25, -0.2) is 4.98 Å². The zero-order valence-electron chi connectivity index (χ0n) is 18.9. The van der Waals surface area contributed by atoms with Crippen molar-refractivity contribution in [1.82, 2.24) is 25.0 Å². The van der Waals surface area contributed by atoms with Crippen LogP contribution in [-0.4, -0.2) is 26.7 Å². The number of furan rings is 1. The van der Waals surface area contributed by atoms with Crippen LogP contribution in [0.2, 0.25) is 0 Å². The van der Waals surface area contributed by atoms with Crippen molar-refractivity contribution in [3.63, 3.8) is 0 Å². The predicted molar refractivity (Wildman–Crippen MR) is 128 cm³/mol. The average Bonchev–Trinajstić information content (AvgIpc) is 3.54. The Balaban J connectivity index is 1.45. The van der Waals surface area contributed by atoms with Crippen LogP contribution in [0.15, 0.2) is 87.2 Å². The SMILES string of the molecule is CNCc1ccc(-c2cc(-c3nc(-c4ccc(=O)n(Cc5ccoc5)c4)cnc3C)on2)cc1. The van der Waals surface area contributed by atoms with Gasteiger partial charge in [0, 0.05) is 41.6 Å². The van der Waals surface area contributed by atoms with Crippen molar-refractivity contribution in [3.8, 4) is 34.0 Å². The van der Waals surface area contributed by atoms with E-state index in [0.717, 1.165) is 34.6 Å². The Kier molecular flexibility index (Phi) is 5.88. The molecular weight excluding hydrogens is 430 g/mol. The fourth-order valence-electron chi connectivity index (χ4n) is 3.73. The van der Waals surface area contributed by atoms with E-state index in [2.05, 4.69) is 27.6 Å². The number of aryl methyl sites for hydroxylation is 1. The van der Waals surface area contributed by atoms with Gasteiger partial charge in [-0.2, -0.15) is 0 Å². The van der Waals surface area contributed by atoms with Crippen LogP contribution in [0.3, 0.4) is 0 Å². The summed E-state index contributed by atoms with van der Waals surface area (Å²) in [5.41, 5.74) is 6.42. The highest BCUT2D eigenvalue weighted by Crippen LogP contribution is 2.28. The van der Waals surface area contributed by atoms with Gasteiger partial charge in [-0.05, 0) is 31.7 Å². The molecule has 0 radical (unpaired) electrons. The highest BCUT2D eigenvalue weighted by Gasteiger charge is 2.15. The van der Waals surface area contributed by atoms with Gasteiger partial charge in [0.05, 0.1) is 36.7 Å². The second kappa shape index (κ2) is 9.29. The van der Waals surface area contributed by atoms with Crippen LogP contribution in [0.4, 0.5) is 0 Å². The van der Waals surface area contributed by atoms with Gasteiger partial charge in [0.1, 0.15) is 11.4 Å². The summed E-state index contributed by atoms with van der Waals surface area (Å²) < 4.78 is 12.4. The molecule has 8 nitrogen and oxygen atoms in total. The van der Waals surface area contributed by atoms with E-state index in [1.165, 1.54) is 11.6 Å². The fraction of sp³-hybridized carbons (Fsp3) is 0.154. The molecule has 0 saturated heterocycles. The molecule has 8 heteroatoms. The van der Waals surface area contributed by atoms with Crippen molar-refractivity contribution >= 4 is 0 Å².